The van der Waals surface area contributed by atoms with E-state index in [2.05, 4.69) is 15.5 Å². The molecule has 0 unspecified atom stereocenters. The summed E-state index contributed by atoms with van der Waals surface area (Å²) in [6.07, 6.45) is 5.88. The summed E-state index contributed by atoms with van der Waals surface area (Å²) >= 11 is 2.86. The first-order valence-corrected chi connectivity index (χ1v) is 9.33. The topological polar surface area (TPSA) is 68.0 Å². The molecule has 2 aromatic heterocycles. The Hall–Kier alpha value is -1.34. The number of amides is 1. The van der Waals surface area contributed by atoms with Crippen LogP contribution in [0.25, 0.3) is 10.8 Å². The highest BCUT2D eigenvalue weighted by molar-refractivity contribution is 8.00. The lowest BCUT2D eigenvalue weighted by Gasteiger charge is -2.23. The molecule has 0 bridgehead atoms. The van der Waals surface area contributed by atoms with E-state index in [4.69, 9.17) is 4.42 Å². The fourth-order valence-electron chi connectivity index (χ4n) is 2.53. The smallest absolute Gasteiger partial charge is 0.277 e. The lowest BCUT2D eigenvalue weighted by Crippen LogP contribution is -2.40. The molecule has 0 spiro atoms. The van der Waals surface area contributed by atoms with E-state index in [9.17, 15) is 4.79 Å². The summed E-state index contributed by atoms with van der Waals surface area (Å²) in [4.78, 5) is 13.2. The Morgan fingerprint density at radius 1 is 1.41 bits per heavy atom. The maximum atomic E-state index is 12.2. The van der Waals surface area contributed by atoms with Crippen LogP contribution in [0.1, 0.15) is 39.0 Å². The number of carbonyl (C=O) groups excluding carboxylic acids is 1. The maximum Gasteiger partial charge on any atom is 0.277 e. The molecule has 0 radical (unpaired) electrons. The van der Waals surface area contributed by atoms with Crippen LogP contribution in [0, 0.1) is 0 Å². The van der Waals surface area contributed by atoms with Crippen molar-refractivity contribution in [2.24, 2.45) is 0 Å². The van der Waals surface area contributed by atoms with E-state index in [1.807, 2.05) is 24.4 Å². The van der Waals surface area contributed by atoms with Crippen LogP contribution in [0.5, 0.6) is 0 Å². The number of thioether (sulfide) groups is 1. The minimum Gasteiger partial charge on any atom is -0.410 e. The van der Waals surface area contributed by atoms with Gasteiger partial charge in [0.25, 0.3) is 11.1 Å². The molecule has 0 aromatic carbocycles. The van der Waals surface area contributed by atoms with E-state index in [1.54, 1.807) is 11.3 Å². The first-order chi connectivity index (χ1) is 10.7. The second kappa shape index (κ2) is 7.28. The van der Waals surface area contributed by atoms with Crippen LogP contribution in [0.3, 0.4) is 0 Å². The van der Waals surface area contributed by atoms with Gasteiger partial charge in [0.1, 0.15) is 0 Å². The molecule has 1 aliphatic rings. The number of carbonyl (C=O) groups is 1. The largest absolute Gasteiger partial charge is 0.410 e. The van der Waals surface area contributed by atoms with E-state index in [0.717, 1.165) is 17.7 Å². The fourth-order valence-corrected chi connectivity index (χ4v) is 3.86. The van der Waals surface area contributed by atoms with Gasteiger partial charge >= 0.3 is 0 Å². The Balaban J connectivity index is 1.54. The van der Waals surface area contributed by atoms with Crippen LogP contribution < -0.4 is 5.32 Å². The van der Waals surface area contributed by atoms with Crippen LogP contribution in [-0.2, 0) is 4.79 Å². The van der Waals surface area contributed by atoms with Gasteiger partial charge in [-0.15, -0.1) is 21.5 Å². The number of hydrogen-bond acceptors (Lipinski definition) is 6. The lowest BCUT2D eigenvalue weighted by molar-refractivity contribution is -0.121. The standard InChI is InChI=1S/C15H19N3O2S2/c1-10(13(19)16-11-6-3-2-4-7-11)22-15-18-17-14(20-15)12-8-5-9-21-12/h5,8-11H,2-4,6-7H2,1H3,(H,16,19)/t10-/m1/s1. The summed E-state index contributed by atoms with van der Waals surface area (Å²) in [7, 11) is 0. The molecule has 1 N–H and O–H groups in total. The Morgan fingerprint density at radius 3 is 2.95 bits per heavy atom. The van der Waals surface area contributed by atoms with Gasteiger partial charge in [0, 0.05) is 6.04 Å². The van der Waals surface area contributed by atoms with E-state index < -0.39 is 0 Å². The molecular formula is C15H19N3O2S2. The minimum atomic E-state index is -0.237. The van der Waals surface area contributed by atoms with Gasteiger partial charge in [0.05, 0.1) is 10.1 Å². The van der Waals surface area contributed by atoms with Crippen molar-refractivity contribution >= 4 is 29.0 Å². The highest BCUT2D eigenvalue weighted by Crippen LogP contribution is 2.28. The highest BCUT2D eigenvalue weighted by Gasteiger charge is 2.22. The maximum absolute atomic E-state index is 12.2. The van der Waals surface area contributed by atoms with Gasteiger partial charge in [-0.25, -0.2) is 0 Å². The number of hydrogen-bond donors (Lipinski definition) is 1. The van der Waals surface area contributed by atoms with Gasteiger partial charge in [-0.2, -0.15) is 0 Å². The predicted molar refractivity (Wildman–Crippen MR) is 87.9 cm³/mol. The van der Waals surface area contributed by atoms with Crippen molar-refractivity contribution in [1.82, 2.24) is 15.5 Å². The number of nitrogens with one attached hydrogen (secondary N) is 1. The molecule has 22 heavy (non-hydrogen) atoms. The second-order valence-electron chi connectivity index (χ2n) is 5.45. The third-order valence-electron chi connectivity index (χ3n) is 3.74. The number of thiophene rings is 1. The summed E-state index contributed by atoms with van der Waals surface area (Å²) in [5.41, 5.74) is 0. The summed E-state index contributed by atoms with van der Waals surface area (Å²) in [6, 6.07) is 4.21. The van der Waals surface area contributed by atoms with Gasteiger partial charge in [0.2, 0.25) is 5.91 Å². The summed E-state index contributed by atoms with van der Waals surface area (Å²) < 4.78 is 5.61. The van der Waals surface area contributed by atoms with Crippen molar-refractivity contribution in [3.63, 3.8) is 0 Å². The van der Waals surface area contributed by atoms with Crippen molar-refractivity contribution in [2.75, 3.05) is 0 Å². The van der Waals surface area contributed by atoms with Crippen LogP contribution in [0.4, 0.5) is 0 Å². The van der Waals surface area contributed by atoms with Crippen molar-refractivity contribution in [3.8, 4) is 10.8 Å². The Kier molecular flexibility index (Phi) is 5.15. The van der Waals surface area contributed by atoms with Crippen LogP contribution >= 0.6 is 23.1 Å². The summed E-state index contributed by atoms with van der Waals surface area (Å²) in [6.45, 7) is 1.87. The van der Waals surface area contributed by atoms with E-state index in [1.165, 1.54) is 31.0 Å². The molecule has 2 heterocycles. The normalized spacial score (nSPS) is 17.3. The predicted octanol–water partition coefficient (Wildman–Crippen LogP) is 3.73. The molecule has 1 amide bonds. The van der Waals surface area contributed by atoms with Gasteiger partial charge in [-0.3, -0.25) is 4.79 Å². The molecular weight excluding hydrogens is 318 g/mol. The molecule has 5 nitrogen and oxygen atoms in total. The monoisotopic (exact) mass is 337 g/mol. The highest BCUT2D eigenvalue weighted by atomic mass is 32.2. The third-order valence-corrected chi connectivity index (χ3v) is 5.53. The summed E-state index contributed by atoms with van der Waals surface area (Å²) in [5.74, 6) is 0.560. The van der Waals surface area contributed by atoms with Crippen LogP contribution in [0.2, 0.25) is 0 Å². The minimum absolute atomic E-state index is 0.0489. The quantitative estimate of drug-likeness (QED) is 0.842. The molecule has 0 saturated heterocycles. The Bertz CT molecular complexity index is 606. The molecule has 1 saturated carbocycles. The number of nitrogens with zero attached hydrogens (tertiary/aromatic N) is 2. The fraction of sp³-hybridized carbons (Fsp3) is 0.533. The average molecular weight is 337 g/mol. The zero-order valence-corrected chi connectivity index (χ0v) is 14.1. The van der Waals surface area contributed by atoms with Crippen LogP contribution in [-0.4, -0.2) is 27.4 Å². The van der Waals surface area contributed by atoms with E-state index >= 15 is 0 Å². The Morgan fingerprint density at radius 2 is 2.23 bits per heavy atom. The molecule has 7 heteroatoms. The molecule has 1 atom stereocenters. The molecule has 118 valence electrons. The van der Waals surface area contributed by atoms with Crippen molar-refractivity contribution in [3.05, 3.63) is 17.5 Å². The average Bonchev–Trinajstić information content (AvgIpc) is 3.19. The van der Waals surface area contributed by atoms with Crippen molar-refractivity contribution < 1.29 is 9.21 Å². The third kappa shape index (κ3) is 3.89. The first kappa shape index (κ1) is 15.6. The van der Waals surface area contributed by atoms with E-state index in [0.29, 0.717) is 17.2 Å². The summed E-state index contributed by atoms with van der Waals surface area (Å²) in [5, 5.41) is 13.3. The van der Waals surface area contributed by atoms with Gasteiger partial charge in [0.15, 0.2) is 0 Å². The lowest BCUT2D eigenvalue weighted by atomic mass is 9.95. The van der Waals surface area contributed by atoms with Crippen LogP contribution in [0.15, 0.2) is 27.2 Å². The number of rotatable bonds is 5. The van der Waals surface area contributed by atoms with E-state index in [-0.39, 0.29) is 11.2 Å². The zero-order chi connectivity index (χ0) is 15.4. The second-order valence-corrected chi connectivity index (χ2v) is 7.69. The molecule has 1 aliphatic carbocycles. The van der Waals surface area contributed by atoms with Gasteiger partial charge < -0.3 is 9.73 Å². The molecule has 3 rings (SSSR count). The molecule has 2 aromatic rings. The first-order valence-electron chi connectivity index (χ1n) is 7.57. The zero-order valence-electron chi connectivity index (χ0n) is 12.4. The molecule has 1 fully saturated rings. The van der Waals surface area contributed by atoms with Gasteiger partial charge in [-0.1, -0.05) is 37.1 Å². The van der Waals surface area contributed by atoms with Gasteiger partial charge in [-0.05, 0) is 31.2 Å². The SMILES string of the molecule is C[C@@H](Sc1nnc(-c2cccs2)o1)C(=O)NC1CCCCC1. The number of aromatic nitrogens is 2. The van der Waals surface area contributed by atoms with Crippen molar-refractivity contribution in [2.45, 2.75) is 55.5 Å². The Labute approximate surface area is 137 Å². The molecule has 0 aliphatic heterocycles. The van der Waals surface area contributed by atoms with Crippen molar-refractivity contribution in [1.29, 1.82) is 0 Å².